The van der Waals surface area contributed by atoms with Crippen LogP contribution in [0.1, 0.15) is 44.6 Å². The second kappa shape index (κ2) is 9.31. The van der Waals surface area contributed by atoms with Gasteiger partial charge in [0.05, 0.1) is 4.90 Å². The lowest BCUT2D eigenvalue weighted by atomic mass is 10.2. The maximum atomic E-state index is 12.8. The average Bonchev–Trinajstić information content (AvgIpc) is 2.61. The van der Waals surface area contributed by atoms with Crippen LogP contribution in [0.2, 0.25) is 0 Å². The van der Waals surface area contributed by atoms with E-state index in [9.17, 15) is 13.2 Å². The fourth-order valence-electron chi connectivity index (χ4n) is 2.84. The molecule has 1 saturated heterocycles. The van der Waals surface area contributed by atoms with E-state index in [1.165, 1.54) is 4.31 Å². The molecule has 0 saturated carbocycles. The summed E-state index contributed by atoms with van der Waals surface area (Å²) in [5, 5.41) is 2.83. The van der Waals surface area contributed by atoms with Crippen LogP contribution < -0.4 is 5.32 Å². The van der Waals surface area contributed by atoms with Crippen molar-refractivity contribution in [2.45, 2.75) is 50.8 Å². The molecule has 0 aromatic heterocycles. The monoisotopic (exact) mass is 368 g/mol. The molecule has 0 spiro atoms. The number of sulfonamides is 1. The Morgan fingerprint density at radius 3 is 2.64 bits per heavy atom. The minimum absolute atomic E-state index is 0.129. The summed E-state index contributed by atoms with van der Waals surface area (Å²) in [4.78, 5) is 12.3. The summed E-state index contributed by atoms with van der Waals surface area (Å²) in [6.07, 6.45) is 3.86. The van der Waals surface area contributed by atoms with Crippen molar-refractivity contribution >= 4 is 21.6 Å². The Balaban J connectivity index is 2.07. The Bertz CT molecular complexity index is 682. The topological polar surface area (TPSA) is 75.7 Å². The van der Waals surface area contributed by atoms with Gasteiger partial charge in [-0.3, -0.25) is 4.79 Å². The maximum absolute atomic E-state index is 12.8. The molecule has 1 aromatic carbocycles. The molecule has 25 heavy (non-hydrogen) atoms. The number of ether oxygens (including phenoxy) is 1. The first-order valence-corrected chi connectivity index (χ1v) is 10.4. The number of piperidine rings is 1. The summed E-state index contributed by atoms with van der Waals surface area (Å²) in [5.74, 6) is -0.129. The van der Waals surface area contributed by atoms with Gasteiger partial charge in [-0.2, -0.15) is 4.31 Å². The zero-order valence-corrected chi connectivity index (χ0v) is 15.9. The number of hydrogen-bond donors (Lipinski definition) is 1. The summed E-state index contributed by atoms with van der Waals surface area (Å²) in [6, 6.07) is 4.93. The minimum atomic E-state index is -3.50. The van der Waals surface area contributed by atoms with Gasteiger partial charge in [-0.25, -0.2) is 8.42 Å². The normalized spacial score (nSPS) is 15.9. The summed E-state index contributed by atoms with van der Waals surface area (Å²) in [6.45, 7) is 6.08. The van der Waals surface area contributed by atoms with Crippen LogP contribution in [-0.4, -0.2) is 44.9 Å². The van der Waals surface area contributed by atoms with Crippen molar-refractivity contribution in [3.05, 3.63) is 23.8 Å². The van der Waals surface area contributed by atoms with Crippen LogP contribution in [0.3, 0.4) is 0 Å². The number of nitrogens with zero attached hydrogens (tertiary/aromatic N) is 1. The van der Waals surface area contributed by atoms with Gasteiger partial charge >= 0.3 is 0 Å². The van der Waals surface area contributed by atoms with Crippen LogP contribution in [0.5, 0.6) is 0 Å². The molecule has 1 N–H and O–H groups in total. The second-order valence-corrected chi connectivity index (χ2v) is 8.23. The van der Waals surface area contributed by atoms with Gasteiger partial charge in [-0.05, 0) is 50.8 Å². The molecule has 140 valence electrons. The number of hydrogen-bond acceptors (Lipinski definition) is 4. The second-order valence-electron chi connectivity index (χ2n) is 6.29. The van der Waals surface area contributed by atoms with Gasteiger partial charge in [0.2, 0.25) is 15.9 Å². The lowest BCUT2D eigenvalue weighted by Gasteiger charge is -2.26. The van der Waals surface area contributed by atoms with Crippen molar-refractivity contribution in [2.75, 3.05) is 31.6 Å². The minimum Gasteiger partial charge on any atom is -0.382 e. The van der Waals surface area contributed by atoms with E-state index in [1.807, 2.05) is 13.8 Å². The molecule has 1 aliphatic rings. The Hall–Kier alpha value is -1.44. The number of nitrogens with one attached hydrogen (secondary N) is 1. The molecule has 0 radical (unpaired) electrons. The third-order valence-corrected chi connectivity index (χ3v) is 6.23. The average molecular weight is 368 g/mol. The molecule has 0 atom stereocenters. The lowest BCUT2D eigenvalue weighted by Crippen LogP contribution is -2.35. The van der Waals surface area contributed by atoms with Gasteiger partial charge in [-0.1, -0.05) is 12.5 Å². The lowest BCUT2D eigenvalue weighted by molar-refractivity contribution is -0.116. The number of rotatable bonds is 8. The first-order chi connectivity index (χ1) is 11.9. The molecule has 0 unspecified atom stereocenters. The van der Waals surface area contributed by atoms with Crippen molar-refractivity contribution in [3.8, 4) is 0 Å². The van der Waals surface area contributed by atoms with Gasteiger partial charge in [0.15, 0.2) is 0 Å². The van der Waals surface area contributed by atoms with Crippen molar-refractivity contribution in [2.24, 2.45) is 0 Å². The van der Waals surface area contributed by atoms with E-state index in [-0.39, 0.29) is 10.8 Å². The Morgan fingerprint density at radius 2 is 1.96 bits per heavy atom. The molecule has 7 heteroatoms. The van der Waals surface area contributed by atoms with Crippen molar-refractivity contribution < 1.29 is 17.9 Å². The van der Waals surface area contributed by atoms with Crippen molar-refractivity contribution in [1.29, 1.82) is 0 Å². The van der Waals surface area contributed by atoms with E-state index < -0.39 is 10.0 Å². The van der Waals surface area contributed by atoms with E-state index in [1.54, 1.807) is 18.2 Å². The zero-order chi connectivity index (χ0) is 18.3. The molecular weight excluding hydrogens is 340 g/mol. The molecule has 6 nitrogen and oxygen atoms in total. The molecule has 1 amide bonds. The summed E-state index contributed by atoms with van der Waals surface area (Å²) >= 11 is 0. The fourth-order valence-corrected chi connectivity index (χ4v) is 4.39. The summed E-state index contributed by atoms with van der Waals surface area (Å²) < 4.78 is 32.3. The molecule has 1 aromatic rings. The maximum Gasteiger partial charge on any atom is 0.243 e. The molecule has 0 bridgehead atoms. The molecule has 1 aliphatic heterocycles. The van der Waals surface area contributed by atoms with Crippen molar-refractivity contribution in [1.82, 2.24) is 4.31 Å². The van der Waals surface area contributed by atoms with E-state index in [0.717, 1.165) is 24.8 Å². The fraction of sp³-hybridized carbons (Fsp3) is 0.611. The number of carbonyl (C=O) groups is 1. The van der Waals surface area contributed by atoms with E-state index >= 15 is 0 Å². The predicted molar refractivity (Wildman–Crippen MR) is 98.1 cm³/mol. The highest BCUT2D eigenvalue weighted by molar-refractivity contribution is 7.89. The Labute approximate surface area is 150 Å². The van der Waals surface area contributed by atoms with E-state index in [0.29, 0.717) is 44.8 Å². The van der Waals surface area contributed by atoms with Crippen LogP contribution in [-0.2, 0) is 19.6 Å². The van der Waals surface area contributed by atoms with E-state index in [2.05, 4.69) is 5.32 Å². The number of carbonyl (C=O) groups excluding carboxylic acids is 1. The third kappa shape index (κ3) is 5.52. The predicted octanol–water partition coefficient (Wildman–Crippen LogP) is 2.92. The van der Waals surface area contributed by atoms with Crippen LogP contribution >= 0.6 is 0 Å². The smallest absolute Gasteiger partial charge is 0.243 e. The molecular formula is C18H28N2O4S. The highest BCUT2D eigenvalue weighted by atomic mass is 32.2. The quantitative estimate of drug-likeness (QED) is 0.716. The van der Waals surface area contributed by atoms with Gasteiger partial charge in [0.25, 0.3) is 0 Å². The molecule has 1 heterocycles. The molecule has 2 rings (SSSR count). The van der Waals surface area contributed by atoms with Crippen molar-refractivity contribution in [3.63, 3.8) is 0 Å². The Kier molecular flexibility index (Phi) is 7.40. The van der Waals surface area contributed by atoms with Crippen LogP contribution in [0.25, 0.3) is 0 Å². The summed E-state index contributed by atoms with van der Waals surface area (Å²) in [7, 11) is -3.50. The Morgan fingerprint density at radius 1 is 1.24 bits per heavy atom. The highest BCUT2D eigenvalue weighted by Crippen LogP contribution is 2.25. The number of anilines is 1. The van der Waals surface area contributed by atoms with Gasteiger partial charge in [0.1, 0.15) is 0 Å². The van der Waals surface area contributed by atoms with Gasteiger partial charge in [-0.15, -0.1) is 0 Å². The third-order valence-electron chi connectivity index (χ3n) is 4.33. The summed E-state index contributed by atoms with van der Waals surface area (Å²) in [5.41, 5.74) is 1.40. The first-order valence-electron chi connectivity index (χ1n) is 8.93. The zero-order valence-electron chi connectivity index (χ0n) is 15.1. The van der Waals surface area contributed by atoms with E-state index in [4.69, 9.17) is 4.74 Å². The molecule has 1 fully saturated rings. The molecule has 0 aliphatic carbocycles. The number of amides is 1. The van der Waals surface area contributed by atoms with Gasteiger partial charge in [0, 0.05) is 38.4 Å². The highest BCUT2D eigenvalue weighted by Gasteiger charge is 2.26. The first kappa shape index (κ1) is 19.9. The van der Waals surface area contributed by atoms with Gasteiger partial charge < -0.3 is 10.1 Å². The van der Waals surface area contributed by atoms with Crippen LogP contribution in [0, 0.1) is 6.92 Å². The van der Waals surface area contributed by atoms with Crippen LogP contribution in [0.4, 0.5) is 5.69 Å². The largest absolute Gasteiger partial charge is 0.382 e. The SMILES string of the molecule is CCOCCCC(=O)Nc1cc(S(=O)(=O)N2CCCCC2)ccc1C. The number of aryl methyl sites for hydroxylation is 1. The van der Waals surface area contributed by atoms with Crippen LogP contribution in [0.15, 0.2) is 23.1 Å². The standard InChI is InChI=1S/C18H28N2O4S/c1-3-24-13-7-8-18(21)19-17-14-16(10-9-15(17)2)25(22,23)20-11-5-4-6-12-20/h9-10,14H,3-8,11-13H2,1-2H3,(H,19,21). The number of benzene rings is 1.